The van der Waals surface area contributed by atoms with Gasteiger partial charge in [0, 0.05) is 16.1 Å². The summed E-state index contributed by atoms with van der Waals surface area (Å²) in [7, 11) is 0. The topological polar surface area (TPSA) is 34.4 Å². The molecule has 4 rings (SSSR count). The van der Waals surface area contributed by atoms with E-state index in [9.17, 15) is 4.79 Å². The van der Waals surface area contributed by atoms with Crippen molar-refractivity contribution in [1.29, 1.82) is 0 Å². The molecule has 0 saturated heterocycles. The van der Waals surface area contributed by atoms with E-state index < -0.39 is 0 Å². The summed E-state index contributed by atoms with van der Waals surface area (Å²) in [6.07, 6.45) is 4.30. The van der Waals surface area contributed by atoms with Crippen LogP contribution in [0.1, 0.15) is 40.0 Å². The first kappa shape index (κ1) is 13.7. The number of imidazole rings is 1. The van der Waals surface area contributed by atoms with Gasteiger partial charge in [-0.1, -0.05) is 36.8 Å². The first-order valence-electron chi connectivity index (χ1n) is 7.72. The zero-order chi connectivity index (χ0) is 15.3. The van der Waals surface area contributed by atoms with Gasteiger partial charge in [-0.2, -0.15) is 0 Å². The standard InChI is InChI=1S/C18H18N2OS/c1-11-3-6-13(7-4-11)17-15(10-21)20-14-8-5-12(2)9-16(14)22-18(20)19-17/h3-4,6-7,10,12H,5,8-9H2,1-2H3. The van der Waals surface area contributed by atoms with E-state index in [1.54, 1.807) is 11.3 Å². The summed E-state index contributed by atoms with van der Waals surface area (Å²) in [5.74, 6) is 0.729. The fourth-order valence-electron chi connectivity index (χ4n) is 3.28. The van der Waals surface area contributed by atoms with Crippen LogP contribution in [0.5, 0.6) is 0 Å². The number of benzene rings is 1. The normalized spacial score (nSPS) is 17.6. The van der Waals surface area contributed by atoms with Crippen LogP contribution in [0.15, 0.2) is 24.3 Å². The average molecular weight is 310 g/mol. The number of aromatic nitrogens is 2. The number of hydrogen-bond acceptors (Lipinski definition) is 3. The van der Waals surface area contributed by atoms with Crippen LogP contribution in [-0.2, 0) is 12.8 Å². The smallest absolute Gasteiger partial charge is 0.195 e. The molecule has 0 fully saturated rings. The van der Waals surface area contributed by atoms with Crippen molar-refractivity contribution in [3.05, 3.63) is 46.1 Å². The lowest BCUT2D eigenvalue weighted by molar-refractivity contribution is 0.111. The van der Waals surface area contributed by atoms with E-state index in [2.05, 4.69) is 30.4 Å². The number of carbonyl (C=O) groups is 1. The lowest BCUT2D eigenvalue weighted by atomic mass is 9.93. The van der Waals surface area contributed by atoms with Crippen molar-refractivity contribution in [1.82, 2.24) is 9.38 Å². The molecule has 0 aliphatic heterocycles. The summed E-state index contributed by atoms with van der Waals surface area (Å²) in [5, 5.41) is 0. The predicted octanol–water partition coefficient (Wildman–Crippen LogP) is 4.31. The van der Waals surface area contributed by atoms with Crippen LogP contribution in [-0.4, -0.2) is 15.7 Å². The zero-order valence-corrected chi connectivity index (χ0v) is 13.6. The number of aryl methyl sites for hydroxylation is 2. The summed E-state index contributed by atoms with van der Waals surface area (Å²) in [4.78, 5) is 18.9. The van der Waals surface area contributed by atoms with Gasteiger partial charge in [0.05, 0.1) is 0 Å². The van der Waals surface area contributed by atoms with Crippen LogP contribution in [0.2, 0.25) is 0 Å². The number of thiazole rings is 1. The highest BCUT2D eigenvalue weighted by molar-refractivity contribution is 7.17. The Morgan fingerprint density at radius 1 is 1.32 bits per heavy atom. The van der Waals surface area contributed by atoms with Gasteiger partial charge in [-0.25, -0.2) is 4.98 Å². The third-order valence-corrected chi connectivity index (χ3v) is 5.64. The number of hydrogen-bond donors (Lipinski definition) is 0. The monoisotopic (exact) mass is 310 g/mol. The molecule has 0 saturated carbocycles. The van der Waals surface area contributed by atoms with Gasteiger partial charge in [-0.15, -0.1) is 11.3 Å². The Labute approximate surface area is 133 Å². The molecule has 4 heteroatoms. The second-order valence-electron chi connectivity index (χ2n) is 6.27. The van der Waals surface area contributed by atoms with Crippen LogP contribution in [0.4, 0.5) is 0 Å². The fraction of sp³-hybridized carbons (Fsp3) is 0.333. The van der Waals surface area contributed by atoms with Crippen LogP contribution < -0.4 is 0 Å². The van der Waals surface area contributed by atoms with Gasteiger partial charge < -0.3 is 0 Å². The lowest BCUT2D eigenvalue weighted by Gasteiger charge is -2.17. The van der Waals surface area contributed by atoms with Crippen molar-refractivity contribution in [2.24, 2.45) is 5.92 Å². The fourth-order valence-corrected chi connectivity index (χ4v) is 4.62. The number of carbonyl (C=O) groups excluding carboxylic acids is 1. The van der Waals surface area contributed by atoms with E-state index in [0.717, 1.165) is 41.3 Å². The third kappa shape index (κ3) is 2.02. The maximum Gasteiger partial charge on any atom is 0.195 e. The Kier molecular flexibility index (Phi) is 3.15. The molecule has 3 aromatic rings. The molecule has 112 valence electrons. The summed E-state index contributed by atoms with van der Waals surface area (Å²) in [6.45, 7) is 4.36. The highest BCUT2D eigenvalue weighted by Crippen LogP contribution is 2.35. The van der Waals surface area contributed by atoms with Gasteiger partial charge in [0.15, 0.2) is 11.2 Å². The van der Waals surface area contributed by atoms with E-state index in [0.29, 0.717) is 5.69 Å². The Balaban J connectivity index is 1.92. The van der Waals surface area contributed by atoms with E-state index in [-0.39, 0.29) is 0 Å². The molecule has 2 heterocycles. The summed E-state index contributed by atoms with van der Waals surface area (Å²) >= 11 is 1.74. The van der Waals surface area contributed by atoms with Crippen molar-refractivity contribution in [3.63, 3.8) is 0 Å². The van der Waals surface area contributed by atoms with Gasteiger partial charge >= 0.3 is 0 Å². The minimum absolute atomic E-state index is 0.700. The Morgan fingerprint density at radius 2 is 2.09 bits per heavy atom. The van der Waals surface area contributed by atoms with Crippen molar-refractivity contribution < 1.29 is 4.79 Å². The number of fused-ring (bicyclic) bond motifs is 3. The molecule has 0 spiro atoms. The third-order valence-electron chi connectivity index (χ3n) is 4.53. The van der Waals surface area contributed by atoms with Crippen molar-refractivity contribution in [2.75, 3.05) is 0 Å². The maximum atomic E-state index is 11.7. The molecule has 0 N–H and O–H groups in total. The Bertz CT molecular complexity index is 857. The number of nitrogens with zero attached hydrogens (tertiary/aromatic N) is 2. The molecule has 0 bridgehead atoms. The molecule has 2 aromatic heterocycles. The summed E-state index contributed by atoms with van der Waals surface area (Å²) < 4.78 is 2.09. The summed E-state index contributed by atoms with van der Waals surface area (Å²) in [6, 6.07) is 8.22. The predicted molar refractivity (Wildman–Crippen MR) is 89.8 cm³/mol. The van der Waals surface area contributed by atoms with E-state index in [1.165, 1.54) is 22.6 Å². The van der Waals surface area contributed by atoms with Gasteiger partial charge in [-0.05, 0) is 32.1 Å². The molecular formula is C18H18N2OS. The molecular weight excluding hydrogens is 292 g/mol. The summed E-state index contributed by atoms with van der Waals surface area (Å²) in [5.41, 5.74) is 5.03. The van der Waals surface area contributed by atoms with Crippen molar-refractivity contribution in [2.45, 2.75) is 33.1 Å². The molecule has 1 atom stereocenters. The van der Waals surface area contributed by atoms with E-state index in [4.69, 9.17) is 4.98 Å². The molecule has 0 radical (unpaired) electrons. The van der Waals surface area contributed by atoms with Crippen LogP contribution in [0.3, 0.4) is 0 Å². The Morgan fingerprint density at radius 3 is 2.82 bits per heavy atom. The largest absolute Gasteiger partial charge is 0.296 e. The molecule has 1 aliphatic rings. The van der Waals surface area contributed by atoms with Gasteiger partial charge in [0.1, 0.15) is 11.4 Å². The lowest BCUT2D eigenvalue weighted by Crippen LogP contribution is -2.11. The molecule has 1 aliphatic carbocycles. The average Bonchev–Trinajstić information content (AvgIpc) is 3.02. The minimum Gasteiger partial charge on any atom is -0.296 e. The molecule has 0 amide bonds. The second-order valence-corrected chi connectivity index (χ2v) is 7.33. The van der Waals surface area contributed by atoms with Crippen molar-refractivity contribution >= 4 is 22.6 Å². The van der Waals surface area contributed by atoms with Gasteiger partial charge in [0.25, 0.3) is 0 Å². The van der Waals surface area contributed by atoms with Gasteiger partial charge in [0.2, 0.25) is 0 Å². The highest BCUT2D eigenvalue weighted by Gasteiger charge is 2.25. The molecule has 22 heavy (non-hydrogen) atoms. The Hall–Kier alpha value is -1.94. The van der Waals surface area contributed by atoms with E-state index in [1.807, 2.05) is 12.1 Å². The molecule has 1 unspecified atom stereocenters. The first-order chi connectivity index (χ1) is 10.7. The maximum absolute atomic E-state index is 11.7. The van der Waals surface area contributed by atoms with Crippen LogP contribution in [0.25, 0.3) is 16.2 Å². The molecule has 3 nitrogen and oxygen atoms in total. The van der Waals surface area contributed by atoms with E-state index >= 15 is 0 Å². The number of rotatable bonds is 2. The number of aldehydes is 1. The van der Waals surface area contributed by atoms with Crippen LogP contribution in [0, 0.1) is 12.8 Å². The van der Waals surface area contributed by atoms with Crippen LogP contribution >= 0.6 is 11.3 Å². The SMILES string of the molecule is Cc1ccc(-c2nc3sc4c(n3c2C=O)CCC(C)C4)cc1. The highest BCUT2D eigenvalue weighted by atomic mass is 32.1. The van der Waals surface area contributed by atoms with Crippen molar-refractivity contribution in [3.8, 4) is 11.3 Å². The second kappa shape index (κ2) is 5.06. The zero-order valence-electron chi connectivity index (χ0n) is 12.8. The molecule has 1 aromatic carbocycles. The minimum atomic E-state index is 0.700. The first-order valence-corrected chi connectivity index (χ1v) is 8.54. The quantitative estimate of drug-likeness (QED) is 0.661. The van der Waals surface area contributed by atoms with Gasteiger partial charge in [-0.3, -0.25) is 9.20 Å².